The van der Waals surface area contributed by atoms with Gasteiger partial charge in [-0.25, -0.2) is 9.38 Å². The smallest absolute Gasteiger partial charge is 0.260 e. The Bertz CT molecular complexity index is 1160. The molecule has 0 saturated heterocycles. The highest BCUT2D eigenvalue weighted by molar-refractivity contribution is 6.18. The van der Waals surface area contributed by atoms with Crippen LogP contribution in [0.4, 0.5) is 23.2 Å². The molecule has 0 bridgehead atoms. The maximum atomic E-state index is 13.3. The van der Waals surface area contributed by atoms with E-state index in [2.05, 4.69) is 29.4 Å². The number of hydrazone groups is 1. The van der Waals surface area contributed by atoms with Gasteiger partial charge in [0.05, 0.1) is 17.0 Å². The number of benzene rings is 3. The number of amidine groups is 1. The summed E-state index contributed by atoms with van der Waals surface area (Å²) in [6.07, 6.45) is -4.41. The predicted octanol–water partition coefficient (Wildman–Crippen LogP) is 6.40. The molecule has 3 aromatic rings. The topological polar surface area (TPSA) is 36.8 Å². The summed E-state index contributed by atoms with van der Waals surface area (Å²) in [6, 6.07) is 16.5. The molecule has 1 N–H and O–H groups in total. The van der Waals surface area contributed by atoms with E-state index in [0.717, 1.165) is 17.7 Å². The van der Waals surface area contributed by atoms with E-state index in [0.29, 0.717) is 33.9 Å². The molecule has 1 aliphatic rings. The number of rotatable bonds is 3. The fourth-order valence-electron chi connectivity index (χ4n) is 3.29. The molecule has 3 aromatic carbocycles. The molecule has 3 nitrogen and oxygen atoms in total. The number of aliphatic imine (C=N–C) groups is 1. The molecule has 0 radical (unpaired) electrons. The van der Waals surface area contributed by atoms with Crippen molar-refractivity contribution in [2.24, 2.45) is 10.1 Å². The van der Waals surface area contributed by atoms with E-state index < -0.39 is 11.7 Å². The molecule has 0 fully saturated rings. The molecule has 0 saturated carbocycles. The number of alkyl halides is 3. The van der Waals surface area contributed by atoms with Crippen LogP contribution in [0.1, 0.15) is 47.6 Å². The van der Waals surface area contributed by atoms with Gasteiger partial charge in [0.2, 0.25) is 0 Å². The second kappa shape index (κ2) is 7.98. The first-order valence-corrected chi connectivity index (χ1v) is 9.72. The van der Waals surface area contributed by atoms with Crippen LogP contribution in [-0.2, 0) is 6.18 Å². The zero-order valence-electron chi connectivity index (χ0n) is 16.8. The second-order valence-corrected chi connectivity index (χ2v) is 7.55. The average Bonchev–Trinajstić information content (AvgIpc) is 2.93. The maximum Gasteiger partial charge on any atom is 0.416 e. The third kappa shape index (κ3) is 4.35. The summed E-state index contributed by atoms with van der Waals surface area (Å²) in [5, 5.41) is 4.47. The summed E-state index contributed by atoms with van der Waals surface area (Å²) >= 11 is 0. The quantitative estimate of drug-likeness (QED) is 0.484. The molecule has 0 amide bonds. The number of hydrogen-bond donors (Lipinski definition) is 1. The zero-order valence-corrected chi connectivity index (χ0v) is 16.8. The minimum Gasteiger partial charge on any atom is -0.260 e. The van der Waals surface area contributed by atoms with Crippen molar-refractivity contribution in [3.8, 4) is 0 Å². The van der Waals surface area contributed by atoms with Gasteiger partial charge < -0.3 is 0 Å². The highest BCUT2D eigenvalue weighted by Crippen LogP contribution is 2.32. The minimum absolute atomic E-state index is 0.246. The third-order valence-corrected chi connectivity index (χ3v) is 5.05. The van der Waals surface area contributed by atoms with E-state index in [4.69, 9.17) is 0 Å². The van der Waals surface area contributed by atoms with Crippen LogP contribution in [0, 0.1) is 5.82 Å². The van der Waals surface area contributed by atoms with E-state index in [1.54, 1.807) is 12.1 Å². The Balaban J connectivity index is 1.83. The van der Waals surface area contributed by atoms with Gasteiger partial charge in [-0.15, -0.1) is 0 Å². The van der Waals surface area contributed by atoms with Gasteiger partial charge in [0, 0.05) is 16.7 Å². The third-order valence-electron chi connectivity index (χ3n) is 5.05. The largest absolute Gasteiger partial charge is 0.416 e. The van der Waals surface area contributed by atoms with Gasteiger partial charge in [-0.3, -0.25) is 5.43 Å². The molecule has 0 atom stereocenters. The lowest BCUT2D eigenvalue weighted by atomic mass is 9.94. The van der Waals surface area contributed by atoms with Crippen LogP contribution in [0.5, 0.6) is 0 Å². The van der Waals surface area contributed by atoms with Crippen LogP contribution in [0.3, 0.4) is 0 Å². The molecular weight excluding hydrogens is 406 g/mol. The first-order valence-electron chi connectivity index (χ1n) is 9.72. The highest BCUT2D eigenvalue weighted by Gasteiger charge is 2.30. The van der Waals surface area contributed by atoms with E-state index in [1.807, 2.05) is 18.2 Å². The number of hydrogen-bond acceptors (Lipinski definition) is 3. The number of fused-ring (bicyclic) bond motifs is 1. The van der Waals surface area contributed by atoms with E-state index in [1.165, 1.54) is 24.3 Å². The number of nitrogens with zero attached hydrogens (tertiary/aromatic N) is 2. The zero-order chi connectivity index (χ0) is 22.2. The fourth-order valence-corrected chi connectivity index (χ4v) is 3.29. The molecule has 0 aliphatic carbocycles. The van der Waals surface area contributed by atoms with Crippen LogP contribution in [0.15, 0.2) is 76.8 Å². The Kier molecular flexibility index (Phi) is 5.35. The van der Waals surface area contributed by atoms with Crippen molar-refractivity contribution in [3.05, 3.63) is 100 Å². The highest BCUT2D eigenvalue weighted by atomic mass is 19.4. The van der Waals surface area contributed by atoms with Gasteiger partial charge >= 0.3 is 6.18 Å². The molecule has 0 unspecified atom stereocenters. The van der Waals surface area contributed by atoms with Crippen molar-refractivity contribution in [2.45, 2.75) is 25.9 Å². The van der Waals surface area contributed by atoms with E-state index in [9.17, 15) is 17.6 Å². The minimum atomic E-state index is -4.41. The first kappa shape index (κ1) is 20.8. The monoisotopic (exact) mass is 425 g/mol. The molecular formula is C24H19F4N3. The molecule has 1 heterocycles. The van der Waals surface area contributed by atoms with Crippen LogP contribution in [0.25, 0.3) is 0 Å². The lowest BCUT2D eigenvalue weighted by molar-refractivity contribution is -0.137. The normalized spacial score (nSPS) is 13.8. The summed E-state index contributed by atoms with van der Waals surface area (Å²) in [7, 11) is 0. The Morgan fingerprint density at radius 1 is 0.839 bits per heavy atom. The van der Waals surface area contributed by atoms with Crippen molar-refractivity contribution in [1.29, 1.82) is 0 Å². The standard InChI is InChI=1S/C24H19F4N3/c1-14(2)17-7-12-21-20(13-17)22(15-3-8-18(9-4-15)24(26,27)28)30-31-23(29-21)16-5-10-19(25)11-6-16/h3-14H,1-2H3,(H,29,31). The molecule has 7 heteroatoms. The summed E-state index contributed by atoms with van der Waals surface area (Å²) in [5.74, 6) is 0.297. The maximum absolute atomic E-state index is 13.3. The Labute approximate surface area is 177 Å². The van der Waals surface area contributed by atoms with Crippen LogP contribution in [-0.4, -0.2) is 11.5 Å². The average molecular weight is 425 g/mol. The lowest BCUT2D eigenvalue weighted by Gasteiger charge is -2.13. The summed E-state index contributed by atoms with van der Waals surface area (Å²) in [5.41, 5.74) is 6.19. The summed E-state index contributed by atoms with van der Waals surface area (Å²) < 4.78 is 52.3. The molecule has 0 aromatic heterocycles. The summed E-state index contributed by atoms with van der Waals surface area (Å²) in [4.78, 5) is 4.66. The van der Waals surface area contributed by atoms with Gasteiger partial charge in [0.15, 0.2) is 5.84 Å². The Morgan fingerprint density at radius 2 is 1.48 bits per heavy atom. The van der Waals surface area contributed by atoms with Gasteiger partial charge in [-0.2, -0.15) is 18.3 Å². The van der Waals surface area contributed by atoms with Crippen molar-refractivity contribution >= 4 is 17.2 Å². The molecule has 0 spiro atoms. The number of nitrogens with one attached hydrogen (secondary N) is 1. The van der Waals surface area contributed by atoms with Crippen LogP contribution < -0.4 is 5.43 Å². The first-order chi connectivity index (χ1) is 14.7. The van der Waals surface area contributed by atoms with Crippen molar-refractivity contribution < 1.29 is 17.6 Å². The van der Waals surface area contributed by atoms with Gasteiger partial charge in [-0.05, 0) is 60.0 Å². The van der Waals surface area contributed by atoms with Gasteiger partial charge in [0.25, 0.3) is 0 Å². The molecule has 1 aliphatic heterocycles. The predicted molar refractivity (Wildman–Crippen MR) is 113 cm³/mol. The molecule has 158 valence electrons. The van der Waals surface area contributed by atoms with Gasteiger partial charge in [-0.1, -0.05) is 32.0 Å². The van der Waals surface area contributed by atoms with Crippen LogP contribution in [0.2, 0.25) is 0 Å². The van der Waals surface area contributed by atoms with Crippen molar-refractivity contribution in [1.82, 2.24) is 5.43 Å². The van der Waals surface area contributed by atoms with E-state index in [-0.39, 0.29) is 11.7 Å². The van der Waals surface area contributed by atoms with Crippen molar-refractivity contribution in [2.75, 3.05) is 0 Å². The second-order valence-electron chi connectivity index (χ2n) is 7.55. The molecule has 31 heavy (non-hydrogen) atoms. The fraction of sp³-hybridized carbons (Fsp3) is 0.167. The van der Waals surface area contributed by atoms with E-state index >= 15 is 0 Å². The lowest BCUT2D eigenvalue weighted by Crippen LogP contribution is -2.19. The van der Waals surface area contributed by atoms with Crippen LogP contribution >= 0.6 is 0 Å². The number of halogens is 4. The Hall–Kier alpha value is -3.48. The van der Waals surface area contributed by atoms with Gasteiger partial charge in [0.1, 0.15) is 5.82 Å². The summed E-state index contributed by atoms with van der Waals surface area (Å²) in [6.45, 7) is 4.11. The molecule has 4 rings (SSSR count). The SMILES string of the molecule is CC(C)c1ccc2c(c1)C(c1ccc(C(F)(F)F)cc1)=NNC(c1ccc(F)cc1)=N2. The Morgan fingerprint density at radius 3 is 2.10 bits per heavy atom. The van der Waals surface area contributed by atoms with Crippen molar-refractivity contribution in [3.63, 3.8) is 0 Å².